The molecule has 0 saturated carbocycles. The van der Waals surface area contributed by atoms with Crippen LogP contribution in [0.25, 0.3) is 0 Å². The summed E-state index contributed by atoms with van der Waals surface area (Å²) in [6.45, 7) is 6.69. The molecule has 2 heterocycles. The molecule has 2 saturated heterocycles. The fourth-order valence-electron chi connectivity index (χ4n) is 2.74. The van der Waals surface area contributed by atoms with Gasteiger partial charge in [0.05, 0.1) is 19.3 Å². The molecule has 0 spiro atoms. The molecule has 0 radical (unpaired) electrons. The molecule has 1 amide bonds. The van der Waals surface area contributed by atoms with Crippen molar-refractivity contribution in [3.05, 3.63) is 0 Å². The predicted molar refractivity (Wildman–Crippen MR) is 66.5 cm³/mol. The van der Waals surface area contributed by atoms with Crippen LogP contribution in [0, 0.1) is 5.92 Å². The smallest absolute Gasteiger partial charge is 0.241 e. The lowest BCUT2D eigenvalue weighted by atomic mass is 9.99. The molecule has 2 rings (SSSR count). The van der Waals surface area contributed by atoms with E-state index in [2.05, 4.69) is 19.2 Å². The van der Waals surface area contributed by atoms with Crippen molar-refractivity contribution in [3.8, 4) is 0 Å². The summed E-state index contributed by atoms with van der Waals surface area (Å²) in [6.07, 6.45) is 4.33. The molecule has 0 aromatic rings. The van der Waals surface area contributed by atoms with Gasteiger partial charge in [-0.3, -0.25) is 10.1 Å². The molecular formula is C13H24N2O2. The van der Waals surface area contributed by atoms with Crippen LogP contribution in [0.4, 0.5) is 0 Å². The molecular weight excluding hydrogens is 216 g/mol. The van der Waals surface area contributed by atoms with E-state index in [9.17, 15) is 4.79 Å². The molecule has 2 aliphatic heterocycles. The molecule has 2 fully saturated rings. The topological polar surface area (TPSA) is 41.6 Å². The number of hydrogen-bond donors (Lipinski definition) is 1. The van der Waals surface area contributed by atoms with Crippen molar-refractivity contribution in [1.29, 1.82) is 0 Å². The number of carbonyl (C=O) groups is 1. The Labute approximate surface area is 104 Å². The van der Waals surface area contributed by atoms with Crippen molar-refractivity contribution < 1.29 is 9.53 Å². The van der Waals surface area contributed by atoms with E-state index < -0.39 is 0 Å². The molecule has 3 atom stereocenters. The van der Waals surface area contributed by atoms with Crippen LogP contribution in [0.1, 0.15) is 39.5 Å². The van der Waals surface area contributed by atoms with Crippen LogP contribution >= 0.6 is 0 Å². The summed E-state index contributed by atoms with van der Waals surface area (Å²) in [5.41, 5.74) is 0. The maximum Gasteiger partial charge on any atom is 0.241 e. The molecule has 0 aromatic carbocycles. The SMILES string of the molecule is CCCCC1NCN(C(C)C2CCOC2)C1=O. The summed E-state index contributed by atoms with van der Waals surface area (Å²) in [4.78, 5) is 14.2. The van der Waals surface area contributed by atoms with Gasteiger partial charge in [-0.15, -0.1) is 0 Å². The first-order chi connectivity index (χ1) is 8.24. The van der Waals surface area contributed by atoms with E-state index in [4.69, 9.17) is 4.74 Å². The van der Waals surface area contributed by atoms with Crippen molar-refractivity contribution in [2.75, 3.05) is 19.9 Å². The number of hydrogen-bond acceptors (Lipinski definition) is 3. The zero-order chi connectivity index (χ0) is 12.3. The Balaban J connectivity index is 1.87. The zero-order valence-electron chi connectivity index (χ0n) is 10.9. The maximum absolute atomic E-state index is 12.2. The van der Waals surface area contributed by atoms with Crippen LogP contribution in [0.5, 0.6) is 0 Å². The van der Waals surface area contributed by atoms with Gasteiger partial charge in [0, 0.05) is 18.6 Å². The Morgan fingerprint density at radius 2 is 2.41 bits per heavy atom. The summed E-state index contributed by atoms with van der Waals surface area (Å²) >= 11 is 0. The van der Waals surface area contributed by atoms with Gasteiger partial charge in [0.15, 0.2) is 0 Å². The average Bonchev–Trinajstić information content (AvgIpc) is 2.95. The third-order valence-corrected chi connectivity index (χ3v) is 4.07. The number of amides is 1. The Morgan fingerprint density at radius 3 is 3.06 bits per heavy atom. The number of nitrogens with zero attached hydrogens (tertiary/aromatic N) is 1. The molecule has 0 aromatic heterocycles. The van der Waals surface area contributed by atoms with Crippen molar-refractivity contribution >= 4 is 5.91 Å². The van der Waals surface area contributed by atoms with Gasteiger partial charge < -0.3 is 9.64 Å². The second-order valence-electron chi connectivity index (χ2n) is 5.23. The molecule has 1 N–H and O–H groups in total. The first-order valence-corrected chi connectivity index (χ1v) is 6.85. The minimum absolute atomic E-state index is 0.0553. The lowest BCUT2D eigenvalue weighted by Crippen LogP contribution is -2.41. The third-order valence-electron chi connectivity index (χ3n) is 4.07. The van der Waals surface area contributed by atoms with Crippen LogP contribution in [0.3, 0.4) is 0 Å². The molecule has 2 aliphatic rings. The molecule has 0 aliphatic carbocycles. The van der Waals surface area contributed by atoms with Crippen LogP contribution in [0.15, 0.2) is 0 Å². The van der Waals surface area contributed by atoms with Gasteiger partial charge in [0.2, 0.25) is 5.91 Å². The highest BCUT2D eigenvalue weighted by molar-refractivity contribution is 5.84. The van der Waals surface area contributed by atoms with Crippen molar-refractivity contribution in [3.63, 3.8) is 0 Å². The quantitative estimate of drug-likeness (QED) is 0.789. The van der Waals surface area contributed by atoms with E-state index >= 15 is 0 Å². The standard InChI is InChI=1S/C13H24N2O2/c1-3-4-5-12-13(16)15(9-14-12)10(2)11-6-7-17-8-11/h10-12,14H,3-9H2,1-2H3. The highest BCUT2D eigenvalue weighted by Gasteiger charge is 2.37. The minimum atomic E-state index is 0.0553. The number of nitrogens with one attached hydrogen (secondary N) is 1. The van der Waals surface area contributed by atoms with Crippen LogP contribution in [-0.2, 0) is 9.53 Å². The highest BCUT2D eigenvalue weighted by Crippen LogP contribution is 2.23. The van der Waals surface area contributed by atoms with E-state index in [-0.39, 0.29) is 11.9 Å². The predicted octanol–water partition coefficient (Wildman–Crippen LogP) is 1.36. The van der Waals surface area contributed by atoms with E-state index in [0.29, 0.717) is 18.6 Å². The van der Waals surface area contributed by atoms with Gasteiger partial charge in [0.1, 0.15) is 0 Å². The molecule has 98 valence electrons. The summed E-state index contributed by atoms with van der Waals surface area (Å²) in [5.74, 6) is 0.809. The largest absolute Gasteiger partial charge is 0.381 e. The third kappa shape index (κ3) is 2.80. The van der Waals surface area contributed by atoms with E-state index in [1.807, 2.05) is 4.90 Å². The second-order valence-corrected chi connectivity index (χ2v) is 5.23. The Bertz CT molecular complexity index is 264. The second kappa shape index (κ2) is 5.83. The monoisotopic (exact) mass is 240 g/mol. The summed E-state index contributed by atoms with van der Waals surface area (Å²) in [7, 11) is 0. The van der Waals surface area contributed by atoms with Crippen LogP contribution in [-0.4, -0.2) is 42.8 Å². The average molecular weight is 240 g/mol. The Hall–Kier alpha value is -0.610. The van der Waals surface area contributed by atoms with Gasteiger partial charge in [-0.2, -0.15) is 0 Å². The van der Waals surface area contributed by atoms with Gasteiger partial charge in [-0.25, -0.2) is 0 Å². The van der Waals surface area contributed by atoms with Gasteiger partial charge in [-0.1, -0.05) is 19.8 Å². The zero-order valence-corrected chi connectivity index (χ0v) is 10.9. The molecule has 4 nitrogen and oxygen atoms in total. The summed E-state index contributed by atoms with van der Waals surface area (Å²) < 4.78 is 5.41. The first-order valence-electron chi connectivity index (χ1n) is 6.85. The van der Waals surface area contributed by atoms with E-state index in [1.165, 1.54) is 0 Å². The highest BCUT2D eigenvalue weighted by atomic mass is 16.5. The number of carbonyl (C=O) groups excluding carboxylic acids is 1. The summed E-state index contributed by atoms with van der Waals surface area (Å²) in [5, 5.41) is 3.33. The number of unbranched alkanes of at least 4 members (excludes halogenated alkanes) is 1. The molecule has 4 heteroatoms. The van der Waals surface area contributed by atoms with E-state index in [0.717, 1.165) is 38.9 Å². The molecule has 3 unspecified atom stereocenters. The van der Waals surface area contributed by atoms with Gasteiger partial charge >= 0.3 is 0 Å². The minimum Gasteiger partial charge on any atom is -0.381 e. The molecule has 17 heavy (non-hydrogen) atoms. The van der Waals surface area contributed by atoms with Crippen LogP contribution < -0.4 is 5.32 Å². The maximum atomic E-state index is 12.2. The van der Waals surface area contributed by atoms with Crippen molar-refractivity contribution in [1.82, 2.24) is 10.2 Å². The van der Waals surface area contributed by atoms with E-state index in [1.54, 1.807) is 0 Å². The normalized spacial score (nSPS) is 31.2. The summed E-state index contributed by atoms with van der Waals surface area (Å²) in [6, 6.07) is 0.365. The van der Waals surface area contributed by atoms with Crippen LogP contribution in [0.2, 0.25) is 0 Å². The number of ether oxygens (including phenoxy) is 1. The Morgan fingerprint density at radius 1 is 1.59 bits per heavy atom. The van der Waals surface area contributed by atoms with Crippen molar-refractivity contribution in [2.45, 2.75) is 51.6 Å². The van der Waals surface area contributed by atoms with Gasteiger partial charge in [0.25, 0.3) is 0 Å². The Kier molecular flexibility index (Phi) is 4.40. The van der Waals surface area contributed by atoms with Crippen molar-refractivity contribution in [2.24, 2.45) is 5.92 Å². The fraction of sp³-hybridized carbons (Fsp3) is 0.923. The molecule has 0 bridgehead atoms. The lowest BCUT2D eigenvalue weighted by molar-refractivity contribution is -0.131. The first kappa shape index (κ1) is 12.8. The number of rotatable bonds is 5. The fourth-order valence-corrected chi connectivity index (χ4v) is 2.74. The lowest BCUT2D eigenvalue weighted by Gasteiger charge is -2.28. The van der Waals surface area contributed by atoms with Gasteiger partial charge in [-0.05, 0) is 19.8 Å².